The topological polar surface area (TPSA) is 35.5 Å². The summed E-state index contributed by atoms with van der Waals surface area (Å²) in [6.07, 6.45) is 20.3. The van der Waals surface area contributed by atoms with Gasteiger partial charge in [0.15, 0.2) is 0 Å². The number of unbranched alkanes of at least 4 members (excludes halogenated alkanes) is 12. The van der Waals surface area contributed by atoms with Gasteiger partial charge in [-0.15, -0.1) is 0 Å². The largest absolute Gasteiger partial charge is 0.494 e. The average molecular weight is 581 g/mol. The molecule has 0 saturated heterocycles. The zero-order valence-corrected chi connectivity index (χ0v) is 27.6. The van der Waals surface area contributed by atoms with E-state index in [1.165, 1.54) is 88.2 Å². The van der Waals surface area contributed by atoms with Crippen LogP contribution in [0.5, 0.6) is 5.75 Å². The van der Waals surface area contributed by atoms with Crippen molar-refractivity contribution in [1.82, 2.24) is 0 Å². The smallest absolute Gasteiger partial charge is 0.308 e. The Morgan fingerprint density at radius 3 is 1.98 bits per heavy atom. The van der Waals surface area contributed by atoms with Crippen LogP contribution in [-0.2, 0) is 22.5 Å². The van der Waals surface area contributed by atoms with Gasteiger partial charge >= 0.3 is 5.97 Å². The van der Waals surface area contributed by atoms with Crippen LogP contribution in [-0.4, -0.2) is 44.3 Å². The van der Waals surface area contributed by atoms with Gasteiger partial charge in [0.2, 0.25) is 0 Å². The van der Waals surface area contributed by atoms with Gasteiger partial charge in [0, 0.05) is 12.0 Å². The highest BCUT2D eigenvalue weighted by Gasteiger charge is 2.21. The van der Waals surface area contributed by atoms with Gasteiger partial charge < -0.3 is 14.0 Å². The molecule has 1 unspecified atom stereocenters. The number of benzene rings is 2. The van der Waals surface area contributed by atoms with Crippen LogP contribution in [0.3, 0.4) is 0 Å². The van der Waals surface area contributed by atoms with Gasteiger partial charge in [-0.25, -0.2) is 0 Å². The molecule has 0 saturated carbocycles. The Morgan fingerprint density at radius 2 is 1.31 bits per heavy atom. The predicted octanol–water partition coefficient (Wildman–Crippen LogP) is 9.94. The maximum Gasteiger partial charge on any atom is 0.308 e. The first kappa shape index (κ1) is 35.9. The average Bonchev–Trinajstić information content (AvgIpc) is 2.98. The third-order valence-electron chi connectivity index (χ3n) is 8.29. The van der Waals surface area contributed by atoms with E-state index in [1.54, 1.807) is 0 Å². The molecule has 4 heteroatoms. The minimum Gasteiger partial charge on any atom is -0.494 e. The number of hydrogen-bond acceptors (Lipinski definition) is 3. The van der Waals surface area contributed by atoms with Crippen LogP contribution in [0.15, 0.2) is 54.6 Å². The van der Waals surface area contributed by atoms with E-state index in [1.807, 2.05) is 19.1 Å². The second kappa shape index (κ2) is 22.2. The Labute approximate surface area is 258 Å². The zero-order chi connectivity index (χ0) is 30.3. The van der Waals surface area contributed by atoms with Gasteiger partial charge in [-0.3, -0.25) is 4.79 Å². The molecule has 0 amide bonds. The van der Waals surface area contributed by atoms with Gasteiger partial charge in [-0.1, -0.05) is 127 Å². The summed E-state index contributed by atoms with van der Waals surface area (Å²) in [6.45, 7) is 7.29. The summed E-state index contributed by atoms with van der Waals surface area (Å²) < 4.78 is 12.4. The Kier molecular flexibility index (Phi) is 19.0. The SMILES string of the molecule is CCCCCCCCCCCCCCc1cccc(OCCCCOC(=O)C(C)CC[N+](C)(C)Cc2ccccc2)c1. The molecule has 0 aliphatic heterocycles. The molecule has 0 N–H and O–H groups in total. The van der Waals surface area contributed by atoms with Crippen molar-refractivity contribution in [2.75, 3.05) is 33.9 Å². The number of rotatable bonds is 25. The predicted molar refractivity (Wildman–Crippen MR) is 178 cm³/mol. The fourth-order valence-electron chi connectivity index (χ4n) is 5.49. The maximum absolute atomic E-state index is 12.5. The summed E-state index contributed by atoms with van der Waals surface area (Å²) in [6, 6.07) is 19.1. The van der Waals surface area contributed by atoms with E-state index in [0.717, 1.165) is 49.0 Å². The molecule has 42 heavy (non-hydrogen) atoms. The van der Waals surface area contributed by atoms with Crippen molar-refractivity contribution in [2.24, 2.45) is 5.92 Å². The van der Waals surface area contributed by atoms with E-state index < -0.39 is 0 Å². The summed E-state index contributed by atoms with van der Waals surface area (Å²) in [5.41, 5.74) is 2.69. The number of esters is 1. The molecule has 0 aliphatic rings. The lowest BCUT2D eigenvalue weighted by atomic mass is 10.0. The normalized spacial score (nSPS) is 12.3. The number of carbonyl (C=O) groups is 1. The van der Waals surface area contributed by atoms with Crippen LogP contribution in [0.25, 0.3) is 0 Å². The number of quaternary nitrogens is 1. The molecule has 1 atom stereocenters. The van der Waals surface area contributed by atoms with E-state index >= 15 is 0 Å². The van der Waals surface area contributed by atoms with Gasteiger partial charge in [0.25, 0.3) is 0 Å². The second-order valence-electron chi connectivity index (χ2n) is 13.0. The summed E-state index contributed by atoms with van der Waals surface area (Å²) in [5, 5.41) is 0. The van der Waals surface area contributed by atoms with Crippen LogP contribution in [0.2, 0.25) is 0 Å². The van der Waals surface area contributed by atoms with E-state index in [2.05, 4.69) is 63.5 Å². The molecule has 0 aliphatic carbocycles. The molecule has 4 nitrogen and oxygen atoms in total. The number of hydrogen-bond donors (Lipinski definition) is 0. The van der Waals surface area contributed by atoms with Crippen molar-refractivity contribution < 1.29 is 18.8 Å². The van der Waals surface area contributed by atoms with Crippen LogP contribution < -0.4 is 4.74 Å². The molecule has 2 aromatic carbocycles. The van der Waals surface area contributed by atoms with Crippen LogP contribution in [0.4, 0.5) is 0 Å². The van der Waals surface area contributed by atoms with Crippen molar-refractivity contribution in [1.29, 1.82) is 0 Å². The lowest BCUT2D eigenvalue weighted by Gasteiger charge is -2.30. The summed E-state index contributed by atoms with van der Waals surface area (Å²) in [4.78, 5) is 12.5. The molecule has 236 valence electrons. The fourth-order valence-corrected chi connectivity index (χ4v) is 5.49. The summed E-state index contributed by atoms with van der Waals surface area (Å²) in [5.74, 6) is 0.789. The summed E-state index contributed by atoms with van der Waals surface area (Å²) >= 11 is 0. The second-order valence-corrected chi connectivity index (χ2v) is 13.0. The Bertz CT molecular complexity index is 942. The van der Waals surface area contributed by atoms with Crippen molar-refractivity contribution in [3.63, 3.8) is 0 Å². The molecule has 0 heterocycles. The Hall–Kier alpha value is -2.33. The molecule has 0 spiro atoms. The maximum atomic E-state index is 12.5. The number of nitrogens with zero attached hydrogens (tertiary/aromatic N) is 1. The molecule has 2 rings (SSSR count). The van der Waals surface area contributed by atoms with Crippen molar-refractivity contribution >= 4 is 5.97 Å². The lowest BCUT2D eigenvalue weighted by Crippen LogP contribution is -2.40. The molecule has 2 aromatic rings. The number of aryl methyl sites for hydroxylation is 1. The van der Waals surface area contributed by atoms with Gasteiger partial charge in [-0.2, -0.15) is 0 Å². The first-order valence-electron chi connectivity index (χ1n) is 17.1. The first-order chi connectivity index (χ1) is 20.4. The van der Waals surface area contributed by atoms with E-state index in [-0.39, 0.29) is 11.9 Å². The fraction of sp³-hybridized carbons (Fsp3) is 0.658. The van der Waals surface area contributed by atoms with Gasteiger partial charge in [0.1, 0.15) is 12.3 Å². The Morgan fingerprint density at radius 1 is 0.714 bits per heavy atom. The third-order valence-corrected chi connectivity index (χ3v) is 8.29. The molecular formula is C38H62NO3+. The van der Waals surface area contributed by atoms with E-state index in [4.69, 9.17) is 9.47 Å². The highest BCUT2D eigenvalue weighted by molar-refractivity contribution is 5.71. The highest BCUT2D eigenvalue weighted by atomic mass is 16.5. The minimum absolute atomic E-state index is 0.0812. The molecule has 0 bridgehead atoms. The van der Waals surface area contributed by atoms with Crippen molar-refractivity contribution in [3.05, 3.63) is 65.7 Å². The monoisotopic (exact) mass is 580 g/mol. The van der Waals surface area contributed by atoms with Gasteiger partial charge in [0.05, 0.1) is 39.8 Å². The van der Waals surface area contributed by atoms with E-state index in [0.29, 0.717) is 13.2 Å². The third kappa shape index (κ3) is 17.6. The quantitative estimate of drug-likeness (QED) is 0.0666. The molecule has 0 fully saturated rings. The zero-order valence-electron chi connectivity index (χ0n) is 27.6. The van der Waals surface area contributed by atoms with E-state index in [9.17, 15) is 4.79 Å². The van der Waals surface area contributed by atoms with Crippen LogP contribution >= 0.6 is 0 Å². The molecular weight excluding hydrogens is 518 g/mol. The van der Waals surface area contributed by atoms with Gasteiger partial charge in [-0.05, 0) is 43.4 Å². The highest BCUT2D eigenvalue weighted by Crippen LogP contribution is 2.18. The number of ether oxygens (including phenoxy) is 2. The minimum atomic E-state index is -0.0823. The van der Waals surface area contributed by atoms with Crippen LogP contribution in [0.1, 0.15) is 121 Å². The lowest BCUT2D eigenvalue weighted by molar-refractivity contribution is -0.904. The number of carbonyl (C=O) groups excluding carboxylic acids is 1. The first-order valence-corrected chi connectivity index (χ1v) is 17.1. The van der Waals surface area contributed by atoms with Crippen molar-refractivity contribution in [2.45, 2.75) is 123 Å². The molecule has 0 radical (unpaired) electrons. The Balaban J connectivity index is 1.47. The van der Waals surface area contributed by atoms with Crippen molar-refractivity contribution in [3.8, 4) is 5.75 Å². The standard InChI is InChI=1S/C38H62NO3/c1-5-6-7-8-9-10-11-12-13-14-15-17-23-35-26-22-27-37(32-35)41-30-20-21-31-42-38(40)34(2)28-29-39(3,4)33-36-24-18-16-19-25-36/h16,18-19,22,24-27,32,34H,5-15,17,20-21,23,28-31,33H2,1-4H3/q+1. The van der Waals surface area contributed by atoms with Crippen LogP contribution in [0, 0.1) is 5.92 Å². The summed E-state index contributed by atoms with van der Waals surface area (Å²) in [7, 11) is 4.44. The molecule has 0 aromatic heterocycles.